The lowest BCUT2D eigenvalue weighted by atomic mass is 9.79. The monoisotopic (exact) mass is 769 g/mol. The second kappa shape index (κ2) is 15.7. The van der Waals surface area contributed by atoms with Gasteiger partial charge in [0, 0.05) is 55.0 Å². The van der Waals surface area contributed by atoms with Gasteiger partial charge in [-0.3, -0.25) is 19.2 Å². The summed E-state index contributed by atoms with van der Waals surface area (Å²) in [6, 6.07) is 0. The van der Waals surface area contributed by atoms with Gasteiger partial charge in [-0.1, -0.05) is 52.0 Å². The van der Waals surface area contributed by atoms with Crippen LogP contribution in [0.4, 0.5) is 5.69 Å². The van der Waals surface area contributed by atoms with Gasteiger partial charge in [0.25, 0.3) is 11.7 Å². The third-order valence-corrected chi connectivity index (χ3v) is 11.4. The highest BCUT2D eigenvalue weighted by Crippen LogP contribution is 2.50. The number of anilines is 1. The molecular formula is C43H51N3O10. The van der Waals surface area contributed by atoms with E-state index < -0.39 is 64.8 Å². The van der Waals surface area contributed by atoms with Crippen LogP contribution in [0.25, 0.3) is 28.2 Å². The standard InChI is InChI=1S/C43H51N3O10/c1-20-13-12-14-21(2)42(52)46-35-34-33(44-27-15-10-11-16-28(27)45-34)30-31(38(35)50)37(49)25(6)40-32(30)41(51)43(8,56-40)54-18-17-29(53-9)23(4)39(55-26(7)47)24(5)36(48)22(3)19-20/h10,12-15,17-18,20,22-24,29,36,39,45,48-49H,11,16,19H2,1-9H3,(H,46,52)/b13-12+,18-17+,21-14-/t20-,22+,23+,24+,29-,36+,39+,43-/m0/s1. The van der Waals surface area contributed by atoms with Crippen molar-refractivity contribution in [3.05, 3.63) is 75.0 Å². The average molecular weight is 770 g/mol. The number of nitrogens with one attached hydrogen (secondary N) is 2. The number of phenolic OH excluding ortho intramolecular Hbond substituents is 1. The van der Waals surface area contributed by atoms with E-state index in [0.29, 0.717) is 24.1 Å². The van der Waals surface area contributed by atoms with Crippen molar-refractivity contribution in [1.29, 1.82) is 0 Å². The molecule has 0 saturated carbocycles. The quantitative estimate of drug-likeness (QED) is 0.164. The van der Waals surface area contributed by atoms with Crippen molar-refractivity contribution in [2.45, 2.75) is 98.8 Å². The number of rotatable bonds is 2. The molecule has 4 N–H and O–H groups in total. The van der Waals surface area contributed by atoms with E-state index in [1.165, 1.54) is 34.1 Å². The Bertz CT molecular complexity index is 2230. The third-order valence-electron chi connectivity index (χ3n) is 11.4. The zero-order chi connectivity index (χ0) is 40.8. The third kappa shape index (κ3) is 7.25. The first-order valence-corrected chi connectivity index (χ1v) is 19.1. The lowest BCUT2D eigenvalue weighted by Crippen LogP contribution is -2.44. The van der Waals surface area contributed by atoms with Crippen LogP contribution in [0.2, 0.25) is 0 Å². The Morgan fingerprint density at radius 3 is 2.50 bits per heavy atom. The van der Waals surface area contributed by atoms with E-state index in [1.807, 2.05) is 45.9 Å². The van der Waals surface area contributed by atoms with Gasteiger partial charge in [0.15, 0.2) is 0 Å². The van der Waals surface area contributed by atoms with Gasteiger partial charge in [0.1, 0.15) is 23.3 Å². The molecule has 3 aliphatic heterocycles. The molecule has 0 radical (unpaired) electrons. The number of fused-ring (bicyclic) bond motifs is 2. The number of phenols is 1. The Balaban J connectivity index is 1.55. The molecule has 13 nitrogen and oxygen atoms in total. The highest BCUT2D eigenvalue weighted by Gasteiger charge is 2.50. The van der Waals surface area contributed by atoms with Crippen molar-refractivity contribution in [2.24, 2.45) is 23.7 Å². The van der Waals surface area contributed by atoms with Crippen molar-refractivity contribution < 1.29 is 43.5 Å². The lowest BCUT2D eigenvalue weighted by molar-refractivity contribution is -0.159. The number of nitrogens with zero attached hydrogens (tertiary/aromatic N) is 1. The summed E-state index contributed by atoms with van der Waals surface area (Å²) in [5.74, 6) is -5.21. The van der Waals surface area contributed by atoms with Crippen molar-refractivity contribution >= 4 is 40.2 Å². The first kappa shape index (κ1) is 40.4. The van der Waals surface area contributed by atoms with E-state index >= 15 is 0 Å². The second-order valence-electron chi connectivity index (χ2n) is 15.6. The molecule has 0 unspecified atom stereocenters. The number of carbonyl (C=O) groups excluding carboxylic acids is 3. The molecule has 6 rings (SSSR count). The molecule has 1 amide bonds. The molecule has 0 saturated heterocycles. The Kier molecular flexibility index (Phi) is 11.3. The lowest BCUT2D eigenvalue weighted by Gasteiger charge is -2.36. The fourth-order valence-corrected chi connectivity index (χ4v) is 8.16. The SMILES string of the molecule is CO[C@H]1/C=C/O[C@@]2(C)Oc3c(C)c(O)c4c(=O)c(c5[nH]c6c(nc-5c4c3C2=O)C=CCC6)NC(=O)/C(C)=C\C=C\[C@H](C)C[C@@H](C)[C@@H](O)[C@@H](C)[C@H](OC(C)=O)[C@@H]1C. The summed E-state index contributed by atoms with van der Waals surface area (Å²) in [5, 5.41) is 25.8. The summed E-state index contributed by atoms with van der Waals surface area (Å²) < 4.78 is 23.9. The molecule has 0 fully saturated rings. The molecule has 298 valence electrons. The molecular weight excluding hydrogens is 718 g/mol. The topological polar surface area (TPSA) is 186 Å². The van der Waals surface area contributed by atoms with Crippen LogP contribution in [0.15, 0.2) is 47.0 Å². The second-order valence-corrected chi connectivity index (χ2v) is 15.6. The maximum atomic E-state index is 14.5. The number of aliphatic hydroxyl groups is 1. The Hall–Kier alpha value is -5.27. The molecule has 56 heavy (non-hydrogen) atoms. The molecule has 0 spiro atoms. The number of esters is 1. The maximum absolute atomic E-state index is 14.5. The fourth-order valence-electron chi connectivity index (χ4n) is 8.16. The predicted molar refractivity (Wildman–Crippen MR) is 211 cm³/mol. The number of Topliss-reactive ketones (excluding diaryl/α,β-unsaturated/α-hetero) is 1. The number of allylic oxidation sites excluding steroid dienone is 4. The van der Waals surface area contributed by atoms with Gasteiger partial charge in [0.05, 0.1) is 46.5 Å². The number of methoxy groups -OCH3 is 1. The number of ether oxygens (including phenoxy) is 4. The van der Waals surface area contributed by atoms with E-state index in [2.05, 4.69) is 10.3 Å². The smallest absolute Gasteiger partial charge is 0.312 e. The number of benzene rings is 2. The summed E-state index contributed by atoms with van der Waals surface area (Å²) in [5.41, 5.74) is 1.32. The van der Waals surface area contributed by atoms with Crippen molar-refractivity contribution in [2.75, 3.05) is 12.4 Å². The number of aromatic nitrogens is 2. The van der Waals surface area contributed by atoms with Crippen LogP contribution in [-0.2, 0) is 30.2 Å². The molecule has 2 aliphatic carbocycles. The fraction of sp³-hybridized carbons (Fsp3) is 0.465. The highest BCUT2D eigenvalue weighted by atomic mass is 16.7. The minimum Gasteiger partial charge on any atom is -0.507 e. The van der Waals surface area contributed by atoms with E-state index in [9.17, 15) is 29.4 Å². The number of aryl methyl sites for hydroxylation is 1. The number of H-pyrrole nitrogens is 1. The minimum atomic E-state index is -1.94. The summed E-state index contributed by atoms with van der Waals surface area (Å²) in [6.45, 7) is 13.5. The highest BCUT2D eigenvalue weighted by molar-refractivity contribution is 6.22. The van der Waals surface area contributed by atoms with Gasteiger partial charge in [-0.15, -0.1) is 0 Å². The number of carbonyl (C=O) groups is 3. The first-order chi connectivity index (χ1) is 26.5. The van der Waals surface area contributed by atoms with E-state index in [1.54, 1.807) is 25.2 Å². The number of aromatic hydroxyl groups is 1. The van der Waals surface area contributed by atoms with Crippen LogP contribution in [0.1, 0.15) is 88.6 Å². The summed E-state index contributed by atoms with van der Waals surface area (Å²) in [4.78, 5) is 63.3. The van der Waals surface area contributed by atoms with Crippen molar-refractivity contribution in [1.82, 2.24) is 9.97 Å². The van der Waals surface area contributed by atoms with Gasteiger partial charge >= 0.3 is 11.8 Å². The van der Waals surface area contributed by atoms with Crippen LogP contribution in [0, 0.1) is 30.6 Å². The number of hydrogen-bond donors (Lipinski definition) is 4. The average Bonchev–Trinajstić information content (AvgIpc) is 3.42. The van der Waals surface area contributed by atoms with Crippen molar-refractivity contribution in [3.8, 4) is 22.9 Å². The molecule has 13 heteroatoms. The minimum absolute atomic E-state index is 0.000111. The molecule has 8 atom stereocenters. The Morgan fingerprint density at radius 1 is 1.07 bits per heavy atom. The predicted octanol–water partition coefficient (Wildman–Crippen LogP) is 6.52. The summed E-state index contributed by atoms with van der Waals surface area (Å²) >= 11 is 0. The van der Waals surface area contributed by atoms with Gasteiger partial charge in [-0.25, -0.2) is 4.98 Å². The molecule has 1 aromatic rings. The molecule has 3 heterocycles. The maximum Gasteiger partial charge on any atom is 0.312 e. The zero-order valence-corrected chi connectivity index (χ0v) is 33.3. The van der Waals surface area contributed by atoms with E-state index in [0.717, 1.165) is 12.1 Å². The number of aliphatic hydroxyl groups excluding tert-OH is 1. The summed E-state index contributed by atoms with van der Waals surface area (Å²) in [6.07, 6.45) is 11.6. The van der Waals surface area contributed by atoms with Gasteiger partial charge in [-0.05, 0) is 57.1 Å². The number of amides is 1. The Morgan fingerprint density at radius 2 is 1.80 bits per heavy atom. The largest absolute Gasteiger partial charge is 0.507 e. The van der Waals surface area contributed by atoms with E-state index in [4.69, 9.17) is 23.9 Å². The molecule has 4 bridgehead atoms. The molecule has 5 aliphatic rings. The number of hydrogen-bond acceptors (Lipinski definition) is 11. The van der Waals surface area contributed by atoms with Crippen LogP contribution in [0.5, 0.6) is 11.5 Å². The summed E-state index contributed by atoms with van der Waals surface area (Å²) in [7, 11) is 1.49. The van der Waals surface area contributed by atoms with Crippen LogP contribution >= 0.6 is 0 Å². The van der Waals surface area contributed by atoms with Crippen LogP contribution in [-0.4, -0.2) is 69.0 Å². The van der Waals surface area contributed by atoms with Gasteiger partial charge in [-0.2, -0.15) is 0 Å². The molecule has 0 aromatic heterocycles. The van der Waals surface area contributed by atoms with Crippen molar-refractivity contribution in [3.63, 3.8) is 0 Å². The number of aromatic amines is 1. The Labute approximate surface area is 325 Å². The van der Waals surface area contributed by atoms with Gasteiger partial charge < -0.3 is 39.5 Å². The van der Waals surface area contributed by atoms with Crippen LogP contribution in [0.3, 0.4) is 0 Å². The first-order valence-electron chi connectivity index (χ1n) is 19.1. The van der Waals surface area contributed by atoms with Crippen LogP contribution < -0.4 is 15.5 Å². The molecule has 1 aromatic carbocycles. The van der Waals surface area contributed by atoms with E-state index in [-0.39, 0.29) is 56.6 Å². The van der Waals surface area contributed by atoms with Gasteiger partial charge in [0.2, 0.25) is 5.43 Å². The number of ketones is 1. The zero-order valence-electron chi connectivity index (χ0n) is 33.3. The normalized spacial score (nSPS) is 30.6.